The van der Waals surface area contributed by atoms with Gasteiger partial charge < -0.3 is 32.8 Å². The molecule has 0 aliphatic carbocycles. The standard InChI is InChI=1S/C45H74O7Si/c1-13-18-43(49-32-40-21-23-42(46-11)24-22-40)30-45(47-12)28-37(9)27-38(10)52-44(25-26-51-53(34(3)4,35(5)6)36(7)8)29-41(14-2)50-33-48-31-39-19-16-15-17-20-39/h14-17,19-24,34-37,41,43-45H,2,10,13,18,25-33H2,1,3-9,11-12H3/t37-,41+,43+,44+,45+/m1/s1. The molecular weight excluding hydrogens is 681 g/mol. The van der Waals surface area contributed by atoms with E-state index in [0.717, 1.165) is 61.2 Å². The second kappa shape index (κ2) is 25.6. The van der Waals surface area contributed by atoms with Crippen molar-refractivity contribution in [2.75, 3.05) is 27.6 Å². The molecule has 0 fully saturated rings. The van der Waals surface area contributed by atoms with Crippen molar-refractivity contribution in [1.29, 1.82) is 0 Å². The van der Waals surface area contributed by atoms with Gasteiger partial charge in [-0.2, -0.15) is 0 Å². The highest BCUT2D eigenvalue weighted by atomic mass is 28.4. The van der Waals surface area contributed by atoms with Crippen LogP contribution in [0.2, 0.25) is 16.6 Å². The zero-order valence-electron chi connectivity index (χ0n) is 34.9. The number of hydrogen-bond acceptors (Lipinski definition) is 7. The molecule has 0 N–H and O–H groups in total. The van der Waals surface area contributed by atoms with Gasteiger partial charge in [-0.3, -0.25) is 0 Å². The molecule has 0 heterocycles. The van der Waals surface area contributed by atoms with Crippen LogP contribution in [-0.2, 0) is 41.3 Å². The van der Waals surface area contributed by atoms with Crippen LogP contribution in [0.3, 0.4) is 0 Å². The Kier molecular flexibility index (Phi) is 22.5. The van der Waals surface area contributed by atoms with E-state index in [1.807, 2.05) is 48.5 Å². The summed E-state index contributed by atoms with van der Waals surface area (Å²) in [7, 11) is 1.47. The van der Waals surface area contributed by atoms with Crippen LogP contribution in [-0.4, -0.2) is 60.4 Å². The number of methoxy groups -OCH3 is 2. The maximum absolute atomic E-state index is 6.96. The fourth-order valence-corrected chi connectivity index (χ4v) is 13.2. The third-order valence-corrected chi connectivity index (χ3v) is 16.5. The monoisotopic (exact) mass is 755 g/mol. The van der Waals surface area contributed by atoms with Crippen LogP contribution in [0, 0.1) is 5.92 Å². The maximum Gasteiger partial charge on any atom is 0.200 e. The van der Waals surface area contributed by atoms with E-state index >= 15 is 0 Å². The van der Waals surface area contributed by atoms with Gasteiger partial charge in [-0.25, -0.2) is 0 Å². The molecule has 0 spiro atoms. The Morgan fingerprint density at radius 1 is 0.736 bits per heavy atom. The maximum atomic E-state index is 6.96. The molecule has 8 heteroatoms. The summed E-state index contributed by atoms with van der Waals surface area (Å²) in [6, 6.07) is 18.2. The Balaban J connectivity index is 2.03. The smallest absolute Gasteiger partial charge is 0.200 e. The summed E-state index contributed by atoms with van der Waals surface area (Å²) in [6.45, 7) is 28.8. The van der Waals surface area contributed by atoms with Gasteiger partial charge in [-0.15, -0.1) is 6.58 Å². The fourth-order valence-electron chi connectivity index (χ4n) is 7.77. The van der Waals surface area contributed by atoms with Crippen molar-refractivity contribution in [2.24, 2.45) is 5.92 Å². The van der Waals surface area contributed by atoms with Crippen molar-refractivity contribution in [3.05, 3.63) is 90.7 Å². The van der Waals surface area contributed by atoms with Crippen LogP contribution in [0.4, 0.5) is 0 Å². The molecule has 0 radical (unpaired) electrons. The van der Waals surface area contributed by atoms with Crippen LogP contribution in [0.1, 0.15) is 111 Å². The van der Waals surface area contributed by atoms with Gasteiger partial charge in [-0.05, 0) is 65.1 Å². The minimum absolute atomic E-state index is 0.0741. The lowest BCUT2D eigenvalue weighted by atomic mass is 9.95. The lowest BCUT2D eigenvalue weighted by molar-refractivity contribution is -0.0937. The van der Waals surface area contributed by atoms with Crippen molar-refractivity contribution in [3.63, 3.8) is 0 Å². The number of allylic oxidation sites excluding steroid dienone is 1. The average Bonchev–Trinajstić information content (AvgIpc) is 3.13. The summed E-state index contributed by atoms with van der Waals surface area (Å²) in [4.78, 5) is 0. The molecule has 5 atom stereocenters. The van der Waals surface area contributed by atoms with Gasteiger partial charge in [0.2, 0.25) is 0 Å². The Labute approximate surface area is 324 Å². The third-order valence-electron chi connectivity index (χ3n) is 10.4. The van der Waals surface area contributed by atoms with Gasteiger partial charge in [0.25, 0.3) is 0 Å². The molecule has 0 amide bonds. The predicted octanol–water partition coefficient (Wildman–Crippen LogP) is 11.8. The number of hydrogen-bond donors (Lipinski definition) is 0. The summed E-state index contributed by atoms with van der Waals surface area (Å²) >= 11 is 0. The van der Waals surface area contributed by atoms with Gasteiger partial charge in [0.1, 0.15) is 18.6 Å². The number of rotatable bonds is 30. The largest absolute Gasteiger partial charge is 0.497 e. The second-order valence-electron chi connectivity index (χ2n) is 15.6. The molecule has 0 saturated heterocycles. The first-order valence-electron chi connectivity index (χ1n) is 20.0. The van der Waals surface area contributed by atoms with Gasteiger partial charge in [0.15, 0.2) is 8.32 Å². The lowest BCUT2D eigenvalue weighted by Gasteiger charge is -2.42. The highest BCUT2D eigenvalue weighted by Gasteiger charge is 2.45. The number of ether oxygens (including phenoxy) is 6. The van der Waals surface area contributed by atoms with Crippen LogP contribution < -0.4 is 4.74 Å². The zero-order chi connectivity index (χ0) is 39.2. The predicted molar refractivity (Wildman–Crippen MR) is 222 cm³/mol. The van der Waals surface area contributed by atoms with Crippen molar-refractivity contribution >= 4 is 8.32 Å². The molecule has 0 saturated carbocycles. The first-order valence-corrected chi connectivity index (χ1v) is 22.1. The molecular formula is C45H74O7Si. The van der Waals surface area contributed by atoms with Crippen molar-refractivity contribution < 1.29 is 32.8 Å². The van der Waals surface area contributed by atoms with Crippen LogP contribution in [0.15, 0.2) is 79.6 Å². The van der Waals surface area contributed by atoms with Crippen LogP contribution in [0.25, 0.3) is 0 Å². The molecule has 2 rings (SSSR count). The minimum atomic E-state index is -2.02. The van der Waals surface area contributed by atoms with Crippen molar-refractivity contribution in [2.45, 2.75) is 155 Å². The molecule has 2 aromatic rings. The summed E-state index contributed by atoms with van der Waals surface area (Å²) in [5, 5.41) is 0. The first-order chi connectivity index (χ1) is 25.4. The molecule has 0 unspecified atom stereocenters. The Hall–Kier alpha value is -2.46. The SMILES string of the molecule is C=C[C@@H](C[C@H](CCO[Si](C(C)C)(C(C)C)C(C)C)OC(=C)C[C@@H](C)C[C@@H](C[C@H](CCC)OCc1ccc(OC)cc1)OC)OCOCc1ccccc1. The first kappa shape index (κ1) is 46.7. The van der Waals surface area contributed by atoms with Crippen LogP contribution in [0.5, 0.6) is 5.75 Å². The molecule has 0 aliphatic heterocycles. The number of benzene rings is 2. The third kappa shape index (κ3) is 16.8. The summed E-state index contributed by atoms with van der Waals surface area (Å²) in [6.07, 6.45) is 7.58. The van der Waals surface area contributed by atoms with E-state index in [0.29, 0.717) is 48.8 Å². The quantitative estimate of drug-likeness (QED) is 0.0259. The van der Waals surface area contributed by atoms with E-state index in [2.05, 4.69) is 80.7 Å². The zero-order valence-corrected chi connectivity index (χ0v) is 35.9. The molecule has 0 aromatic heterocycles. The molecule has 7 nitrogen and oxygen atoms in total. The Bertz CT molecular complexity index is 1230. The highest BCUT2D eigenvalue weighted by Crippen LogP contribution is 2.42. The molecule has 300 valence electrons. The van der Waals surface area contributed by atoms with E-state index < -0.39 is 8.32 Å². The summed E-state index contributed by atoms with van der Waals surface area (Å²) < 4.78 is 43.3. The average molecular weight is 755 g/mol. The summed E-state index contributed by atoms with van der Waals surface area (Å²) in [5.74, 6) is 1.94. The Morgan fingerprint density at radius 2 is 1.38 bits per heavy atom. The topological polar surface area (TPSA) is 64.6 Å². The lowest BCUT2D eigenvalue weighted by Crippen LogP contribution is -2.48. The van der Waals surface area contributed by atoms with Gasteiger partial charge >= 0.3 is 0 Å². The van der Waals surface area contributed by atoms with Crippen LogP contribution >= 0.6 is 0 Å². The molecule has 0 aliphatic rings. The van der Waals surface area contributed by atoms with E-state index in [9.17, 15) is 0 Å². The summed E-state index contributed by atoms with van der Waals surface area (Å²) in [5.41, 5.74) is 3.80. The Morgan fingerprint density at radius 3 is 1.94 bits per heavy atom. The minimum Gasteiger partial charge on any atom is -0.497 e. The normalized spacial score (nSPS) is 15.0. The van der Waals surface area contributed by atoms with Gasteiger partial charge in [-0.1, -0.05) is 117 Å². The fraction of sp³-hybridized carbons (Fsp3) is 0.644. The second-order valence-corrected chi connectivity index (χ2v) is 21.0. The highest BCUT2D eigenvalue weighted by molar-refractivity contribution is 6.77. The van der Waals surface area contributed by atoms with E-state index in [4.69, 9.17) is 32.8 Å². The van der Waals surface area contributed by atoms with Crippen molar-refractivity contribution in [1.82, 2.24) is 0 Å². The van der Waals surface area contributed by atoms with Gasteiger partial charge in [0.05, 0.1) is 44.4 Å². The van der Waals surface area contributed by atoms with E-state index in [1.54, 1.807) is 14.2 Å². The molecule has 2 aromatic carbocycles. The van der Waals surface area contributed by atoms with Gasteiger partial charge in [0, 0.05) is 33.0 Å². The molecule has 53 heavy (non-hydrogen) atoms. The van der Waals surface area contributed by atoms with E-state index in [-0.39, 0.29) is 31.2 Å². The van der Waals surface area contributed by atoms with Crippen molar-refractivity contribution in [3.8, 4) is 5.75 Å². The molecule has 0 bridgehead atoms. The van der Waals surface area contributed by atoms with E-state index in [1.165, 1.54) is 0 Å².